The average molecular weight is 502 g/mol. The highest BCUT2D eigenvalue weighted by molar-refractivity contribution is 5.93. The number of carbonyl (C=O) groups is 1. The molecule has 0 saturated carbocycles. The van der Waals surface area contributed by atoms with Crippen LogP contribution in [0.25, 0.3) is 34.3 Å². The lowest BCUT2D eigenvalue weighted by Crippen LogP contribution is -2.19. The van der Waals surface area contributed by atoms with E-state index < -0.39 is 5.97 Å². The van der Waals surface area contributed by atoms with Gasteiger partial charge in [-0.25, -0.2) is 9.48 Å². The Hall–Kier alpha value is -4.02. The third-order valence-electron chi connectivity index (χ3n) is 6.79. The Balaban J connectivity index is 1.52. The Morgan fingerprint density at radius 2 is 2.03 bits per heavy atom. The number of aryl methyl sites for hydroxylation is 1. The zero-order valence-corrected chi connectivity index (χ0v) is 20.5. The van der Waals surface area contributed by atoms with Crippen LogP contribution in [-0.2, 0) is 23.1 Å². The number of rotatable bonds is 2. The van der Waals surface area contributed by atoms with E-state index in [0.29, 0.717) is 37.7 Å². The summed E-state index contributed by atoms with van der Waals surface area (Å²) in [5.74, 6) is -0.427. The molecule has 1 atom stereocenters. The van der Waals surface area contributed by atoms with Crippen molar-refractivity contribution >= 4 is 29.0 Å². The number of carboxylic acids is 1. The van der Waals surface area contributed by atoms with Crippen LogP contribution in [0, 0.1) is 0 Å². The molecule has 37 heavy (non-hydrogen) atoms. The Labute approximate surface area is 213 Å². The van der Waals surface area contributed by atoms with E-state index in [9.17, 15) is 9.90 Å². The van der Waals surface area contributed by atoms with Gasteiger partial charge in [0.25, 0.3) is 0 Å². The fourth-order valence-corrected chi connectivity index (χ4v) is 4.81. The molecule has 4 aromatic rings. The summed E-state index contributed by atoms with van der Waals surface area (Å²) in [7, 11) is 1.88. The lowest BCUT2D eigenvalue weighted by atomic mass is 10.1. The Bertz CT molecular complexity index is 1500. The Kier molecular flexibility index (Phi) is 6.19. The highest BCUT2D eigenvalue weighted by atomic mass is 16.5. The summed E-state index contributed by atoms with van der Waals surface area (Å²) in [6, 6.07) is 6.83. The summed E-state index contributed by atoms with van der Waals surface area (Å²) in [5, 5.41) is 19.8. The first-order chi connectivity index (χ1) is 18.1. The van der Waals surface area contributed by atoms with Gasteiger partial charge in [0, 0.05) is 30.2 Å². The summed E-state index contributed by atoms with van der Waals surface area (Å²) in [6.45, 7) is 1.71. The average Bonchev–Trinajstić information content (AvgIpc) is 3.47. The highest BCUT2D eigenvalue weighted by Gasteiger charge is 2.22. The van der Waals surface area contributed by atoms with Gasteiger partial charge in [-0.15, -0.1) is 0 Å². The van der Waals surface area contributed by atoms with Gasteiger partial charge in [0.15, 0.2) is 6.23 Å². The summed E-state index contributed by atoms with van der Waals surface area (Å²) >= 11 is 0. The molecule has 3 aromatic heterocycles. The predicted octanol–water partition coefficient (Wildman–Crippen LogP) is 4.31. The van der Waals surface area contributed by atoms with Crippen LogP contribution in [0.4, 0.5) is 0 Å². The van der Waals surface area contributed by atoms with Gasteiger partial charge in [-0.2, -0.15) is 10.2 Å². The van der Waals surface area contributed by atoms with Gasteiger partial charge >= 0.3 is 5.97 Å². The first-order valence-electron chi connectivity index (χ1n) is 12.4. The molecular formula is C27H27N5O5. The molecule has 1 fully saturated rings. The minimum absolute atomic E-state index is 0.159. The van der Waals surface area contributed by atoms with Gasteiger partial charge in [-0.1, -0.05) is 0 Å². The number of aromatic carboxylic acids is 1. The quantitative estimate of drug-likeness (QED) is 0.432. The van der Waals surface area contributed by atoms with Gasteiger partial charge in [-0.3, -0.25) is 9.67 Å². The van der Waals surface area contributed by atoms with E-state index in [0.717, 1.165) is 52.8 Å². The van der Waals surface area contributed by atoms with Gasteiger partial charge in [-0.05, 0) is 55.7 Å². The van der Waals surface area contributed by atoms with Crippen molar-refractivity contribution < 1.29 is 24.1 Å². The van der Waals surface area contributed by atoms with Crippen LogP contribution in [0.5, 0.6) is 5.75 Å². The molecule has 10 nitrogen and oxygen atoms in total. The summed E-state index contributed by atoms with van der Waals surface area (Å²) in [5.41, 5.74) is 5.01. The van der Waals surface area contributed by atoms with E-state index in [1.807, 2.05) is 36.1 Å². The molecule has 2 bridgehead atoms. The molecule has 190 valence electrons. The Morgan fingerprint density at radius 1 is 1.11 bits per heavy atom. The molecule has 1 saturated heterocycles. The maximum Gasteiger partial charge on any atom is 0.335 e. The smallest absolute Gasteiger partial charge is 0.335 e. The fraction of sp³-hybridized carbons (Fsp3) is 0.333. The van der Waals surface area contributed by atoms with Gasteiger partial charge < -0.3 is 19.3 Å². The summed E-state index contributed by atoms with van der Waals surface area (Å²) in [4.78, 5) is 16.4. The standard InChI is InChI=1S/C27H27N5O5/c1-31-24-16-35-10-11-36-25-8-6-18(27(33)34)12-17(25)5-7-21-19-13-22(20(24)14-29-31)28-15-23(19)32(30-21)26-4-2-3-9-37-26/h5-8,12-15,26H,2-4,9-11,16H2,1H3,(H,33,34)/b7-5+. The molecule has 2 aliphatic heterocycles. The number of benzene rings is 1. The number of fused-ring (bicyclic) bond motifs is 4. The molecule has 10 heteroatoms. The topological polar surface area (TPSA) is 114 Å². The number of hydrogen-bond acceptors (Lipinski definition) is 7. The molecule has 0 radical (unpaired) electrons. The summed E-state index contributed by atoms with van der Waals surface area (Å²) < 4.78 is 21.6. The number of ether oxygens (including phenoxy) is 3. The number of nitrogens with zero attached hydrogens (tertiary/aromatic N) is 5. The molecule has 6 rings (SSSR count). The predicted molar refractivity (Wildman–Crippen MR) is 136 cm³/mol. The van der Waals surface area contributed by atoms with E-state index in [2.05, 4.69) is 5.10 Å². The van der Waals surface area contributed by atoms with E-state index >= 15 is 0 Å². The lowest BCUT2D eigenvalue weighted by molar-refractivity contribution is -0.0367. The number of carboxylic acid groups (broad SMARTS) is 1. The maximum absolute atomic E-state index is 11.6. The highest BCUT2D eigenvalue weighted by Crippen LogP contribution is 2.32. The van der Waals surface area contributed by atoms with Crippen LogP contribution in [0.2, 0.25) is 0 Å². The molecule has 2 aliphatic rings. The van der Waals surface area contributed by atoms with Crippen molar-refractivity contribution in [2.45, 2.75) is 32.1 Å². The monoisotopic (exact) mass is 501 g/mol. The molecule has 1 unspecified atom stereocenters. The number of pyridine rings is 1. The van der Waals surface area contributed by atoms with Crippen molar-refractivity contribution in [3.8, 4) is 17.0 Å². The third-order valence-corrected chi connectivity index (χ3v) is 6.79. The van der Waals surface area contributed by atoms with Crippen LogP contribution in [0.15, 0.2) is 36.7 Å². The Morgan fingerprint density at radius 3 is 2.86 bits per heavy atom. The normalized spacial score (nSPS) is 18.9. The van der Waals surface area contributed by atoms with E-state index in [1.54, 1.807) is 23.0 Å². The van der Waals surface area contributed by atoms with Crippen molar-refractivity contribution in [2.24, 2.45) is 7.05 Å². The molecule has 1 aromatic carbocycles. The maximum atomic E-state index is 11.6. The van der Waals surface area contributed by atoms with Crippen molar-refractivity contribution in [1.82, 2.24) is 24.5 Å². The van der Waals surface area contributed by atoms with E-state index in [4.69, 9.17) is 24.3 Å². The molecule has 5 heterocycles. The molecule has 0 spiro atoms. The third kappa shape index (κ3) is 4.49. The molecule has 0 amide bonds. The second kappa shape index (κ2) is 9.79. The second-order valence-corrected chi connectivity index (χ2v) is 9.16. The second-order valence-electron chi connectivity index (χ2n) is 9.16. The largest absolute Gasteiger partial charge is 0.491 e. The van der Waals surface area contributed by atoms with Gasteiger partial charge in [0.2, 0.25) is 0 Å². The zero-order valence-electron chi connectivity index (χ0n) is 20.5. The molecular weight excluding hydrogens is 474 g/mol. The lowest BCUT2D eigenvalue weighted by Gasteiger charge is -2.23. The van der Waals surface area contributed by atoms with Crippen LogP contribution < -0.4 is 4.74 Å². The van der Waals surface area contributed by atoms with Crippen LogP contribution >= 0.6 is 0 Å². The minimum Gasteiger partial charge on any atom is -0.491 e. The zero-order chi connectivity index (χ0) is 25.4. The number of hydrogen-bond donors (Lipinski definition) is 1. The number of aromatic nitrogens is 5. The van der Waals surface area contributed by atoms with Crippen molar-refractivity contribution in [1.29, 1.82) is 0 Å². The van der Waals surface area contributed by atoms with Crippen LogP contribution in [0.3, 0.4) is 0 Å². The first kappa shape index (κ1) is 23.4. The SMILES string of the molecule is Cn1ncc2c1COCCOc1ccc(C(=O)O)cc1/C=C/c1nn(C3CCCCO3)c3cnc-2cc13. The van der Waals surface area contributed by atoms with Gasteiger partial charge in [0.05, 0.1) is 53.8 Å². The van der Waals surface area contributed by atoms with Crippen molar-refractivity contribution in [3.63, 3.8) is 0 Å². The fourth-order valence-electron chi connectivity index (χ4n) is 4.81. The molecule has 1 N–H and O–H groups in total. The van der Waals surface area contributed by atoms with Crippen molar-refractivity contribution in [3.05, 3.63) is 59.2 Å². The first-order valence-corrected chi connectivity index (χ1v) is 12.4. The van der Waals surface area contributed by atoms with E-state index in [-0.39, 0.29) is 11.8 Å². The van der Waals surface area contributed by atoms with Crippen molar-refractivity contribution in [2.75, 3.05) is 19.8 Å². The van der Waals surface area contributed by atoms with Crippen LogP contribution in [-0.4, -0.2) is 55.4 Å². The minimum atomic E-state index is -0.998. The molecule has 0 aliphatic carbocycles. The van der Waals surface area contributed by atoms with Crippen LogP contribution in [0.1, 0.15) is 52.8 Å². The summed E-state index contributed by atoms with van der Waals surface area (Å²) in [6.07, 6.45) is 10.2. The van der Waals surface area contributed by atoms with Gasteiger partial charge in [0.1, 0.15) is 12.4 Å². The van der Waals surface area contributed by atoms with E-state index in [1.165, 1.54) is 6.07 Å².